The largest absolute Gasteiger partial charge is 0.343 e. The van der Waals surface area contributed by atoms with Crippen LogP contribution in [-0.4, -0.2) is 24.4 Å². The maximum atomic E-state index is 13.9. The highest BCUT2D eigenvalue weighted by Gasteiger charge is 2.34. The standard InChI is InChI=1S/C14H16F2N2O2/c1-3-4-11-14(20)18(7-13(19)17-11)12-6-9(15)8(2)5-10(12)16/h5-6,11H,3-4,7H2,1-2H3,(H,17,19). The minimum absolute atomic E-state index is 0.158. The predicted molar refractivity (Wildman–Crippen MR) is 70.3 cm³/mol. The molecule has 1 heterocycles. The number of amides is 2. The molecule has 2 rings (SSSR count). The van der Waals surface area contributed by atoms with E-state index in [1.54, 1.807) is 0 Å². The van der Waals surface area contributed by atoms with Crippen molar-refractivity contribution >= 4 is 17.5 Å². The van der Waals surface area contributed by atoms with Crippen LogP contribution in [0.25, 0.3) is 0 Å². The number of anilines is 1. The molecular formula is C14H16F2N2O2. The van der Waals surface area contributed by atoms with Crippen LogP contribution in [0.2, 0.25) is 0 Å². The molecule has 1 saturated heterocycles. The number of rotatable bonds is 3. The summed E-state index contributed by atoms with van der Waals surface area (Å²) in [4.78, 5) is 24.9. The first-order valence-corrected chi connectivity index (χ1v) is 6.50. The summed E-state index contributed by atoms with van der Waals surface area (Å²) in [6, 6.07) is 1.31. The van der Waals surface area contributed by atoms with Crippen LogP contribution in [0.15, 0.2) is 12.1 Å². The van der Waals surface area contributed by atoms with Crippen LogP contribution < -0.4 is 10.2 Å². The van der Waals surface area contributed by atoms with E-state index in [-0.39, 0.29) is 23.7 Å². The van der Waals surface area contributed by atoms with E-state index in [9.17, 15) is 18.4 Å². The smallest absolute Gasteiger partial charge is 0.250 e. The molecule has 0 spiro atoms. The van der Waals surface area contributed by atoms with Gasteiger partial charge in [-0.3, -0.25) is 14.5 Å². The van der Waals surface area contributed by atoms with Crippen molar-refractivity contribution in [2.45, 2.75) is 32.7 Å². The topological polar surface area (TPSA) is 49.4 Å². The zero-order valence-corrected chi connectivity index (χ0v) is 11.4. The lowest BCUT2D eigenvalue weighted by Crippen LogP contribution is -2.58. The zero-order chi connectivity index (χ0) is 14.9. The summed E-state index contributed by atoms with van der Waals surface area (Å²) in [5, 5.41) is 2.57. The average molecular weight is 282 g/mol. The summed E-state index contributed by atoms with van der Waals surface area (Å²) in [5.41, 5.74) is -0.0284. The molecule has 0 bridgehead atoms. The minimum atomic E-state index is -0.706. The number of piperazine rings is 1. The molecule has 1 aliphatic rings. The Labute approximate surface area is 115 Å². The molecule has 1 fully saturated rings. The van der Waals surface area contributed by atoms with E-state index in [4.69, 9.17) is 0 Å². The van der Waals surface area contributed by atoms with Gasteiger partial charge in [0.1, 0.15) is 24.2 Å². The highest BCUT2D eigenvalue weighted by atomic mass is 19.1. The Hall–Kier alpha value is -1.98. The quantitative estimate of drug-likeness (QED) is 0.920. The molecular weight excluding hydrogens is 266 g/mol. The molecule has 0 aliphatic carbocycles. The predicted octanol–water partition coefficient (Wildman–Crippen LogP) is 1.90. The highest BCUT2D eigenvalue weighted by Crippen LogP contribution is 2.25. The van der Waals surface area contributed by atoms with Gasteiger partial charge in [-0.2, -0.15) is 0 Å². The molecule has 1 N–H and O–H groups in total. The Morgan fingerprint density at radius 3 is 2.65 bits per heavy atom. The van der Waals surface area contributed by atoms with Crippen LogP contribution >= 0.6 is 0 Å². The van der Waals surface area contributed by atoms with Gasteiger partial charge in [-0.05, 0) is 25.0 Å². The summed E-state index contributed by atoms with van der Waals surface area (Å²) in [7, 11) is 0. The van der Waals surface area contributed by atoms with Gasteiger partial charge in [-0.15, -0.1) is 0 Å². The molecule has 0 radical (unpaired) electrons. The van der Waals surface area contributed by atoms with Crippen molar-refractivity contribution in [2.24, 2.45) is 0 Å². The summed E-state index contributed by atoms with van der Waals surface area (Å²) >= 11 is 0. The molecule has 4 nitrogen and oxygen atoms in total. The monoisotopic (exact) mass is 282 g/mol. The zero-order valence-electron chi connectivity index (χ0n) is 11.4. The van der Waals surface area contributed by atoms with E-state index in [2.05, 4.69) is 5.32 Å². The van der Waals surface area contributed by atoms with E-state index in [0.717, 1.165) is 17.0 Å². The number of nitrogens with zero attached hydrogens (tertiary/aromatic N) is 1. The highest BCUT2D eigenvalue weighted by molar-refractivity contribution is 6.06. The molecule has 1 aromatic carbocycles. The Bertz CT molecular complexity index is 560. The van der Waals surface area contributed by atoms with E-state index in [1.807, 2.05) is 6.92 Å². The number of nitrogens with one attached hydrogen (secondary N) is 1. The molecule has 0 saturated carbocycles. The summed E-state index contributed by atoms with van der Waals surface area (Å²) in [6.45, 7) is 3.02. The van der Waals surface area contributed by atoms with Crippen molar-refractivity contribution in [3.8, 4) is 0 Å². The fourth-order valence-electron chi connectivity index (χ4n) is 2.24. The molecule has 1 aromatic rings. The molecule has 1 aliphatic heterocycles. The molecule has 1 unspecified atom stereocenters. The molecule has 2 amide bonds. The molecule has 108 valence electrons. The van der Waals surface area contributed by atoms with Crippen LogP contribution in [0, 0.1) is 18.6 Å². The molecule has 1 atom stereocenters. The third-order valence-electron chi connectivity index (χ3n) is 3.30. The van der Waals surface area contributed by atoms with Gasteiger partial charge in [0, 0.05) is 6.07 Å². The van der Waals surface area contributed by atoms with Crippen LogP contribution in [0.4, 0.5) is 14.5 Å². The molecule has 0 aromatic heterocycles. The van der Waals surface area contributed by atoms with Crippen molar-refractivity contribution in [3.63, 3.8) is 0 Å². The second-order valence-electron chi connectivity index (χ2n) is 4.89. The fourth-order valence-corrected chi connectivity index (χ4v) is 2.24. The van der Waals surface area contributed by atoms with Crippen LogP contribution in [0.5, 0.6) is 0 Å². The first-order chi connectivity index (χ1) is 9.43. The summed E-state index contributed by atoms with van der Waals surface area (Å²) in [6.07, 6.45) is 1.17. The van der Waals surface area contributed by atoms with E-state index < -0.39 is 23.6 Å². The van der Waals surface area contributed by atoms with Crippen LogP contribution in [0.1, 0.15) is 25.3 Å². The number of benzene rings is 1. The van der Waals surface area contributed by atoms with Gasteiger partial charge < -0.3 is 5.32 Å². The Morgan fingerprint density at radius 1 is 1.30 bits per heavy atom. The fraction of sp³-hybridized carbons (Fsp3) is 0.429. The first-order valence-electron chi connectivity index (χ1n) is 6.50. The third-order valence-corrected chi connectivity index (χ3v) is 3.30. The maximum Gasteiger partial charge on any atom is 0.250 e. The van der Waals surface area contributed by atoms with E-state index in [1.165, 1.54) is 6.92 Å². The SMILES string of the molecule is CCCC1NC(=O)CN(c2cc(F)c(C)cc2F)C1=O. The van der Waals surface area contributed by atoms with Gasteiger partial charge >= 0.3 is 0 Å². The van der Waals surface area contributed by atoms with E-state index in [0.29, 0.717) is 12.8 Å². The number of carbonyl (C=O) groups excluding carboxylic acids is 2. The van der Waals surface area contributed by atoms with Crippen LogP contribution in [-0.2, 0) is 9.59 Å². The van der Waals surface area contributed by atoms with Crippen molar-refractivity contribution in [1.82, 2.24) is 5.32 Å². The second-order valence-corrected chi connectivity index (χ2v) is 4.89. The first kappa shape index (κ1) is 14.4. The number of hydrogen-bond donors (Lipinski definition) is 1. The lowest BCUT2D eigenvalue weighted by molar-refractivity contribution is -0.131. The summed E-state index contributed by atoms with van der Waals surface area (Å²) < 4.78 is 27.5. The number of hydrogen-bond acceptors (Lipinski definition) is 2. The van der Waals surface area contributed by atoms with Gasteiger partial charge in [-0.25, -0.2) is 8.78 Å². The van der Waals surface area contributed by atoms with E-state index >= 15 is 0 Å². The molecule has 6 heteroatoms. The van der Waals surface area contributed by atoms with Crippen molar-refractivity contribution < 1.29 is 18.4 Å². The number of halogens is 2. The Morgan fingerprint density at radius 2 is 2.00 bits per heavy atom. The molecule has 20 heavy (non-hydrogen) atoms. The lowest BCUT2D eigenvalue weighted by Gasteiger charge is -2.32. The van der Waals surface area contributed by atoms with Crippen molar-refractivity contribution in [3.05, 3.63) is 29.3 Å². The van der Waals surface area contributed by atoms with Gasteiger partial charge in [0.15, 0.2) is 0 Å². The Kier molecular flexibility index (Phi) is 4.01. The summed E-state index contributed by atoms with van der Waals surface area (Å²) in [5.74, 6) is -2.09. The van der Waals surface area contributed by atoms with Gasteiger partial charge in [0.05, 0.1) is 5.69 Å². The average Bonchev–Trinajstić information content (AvgIpc) is 2.38. The van der Waals surface area contributed by atoms with Gasteiger partial charge in [0.25, 0.3) is 0 Å². The number of carbonyl (C=O) groups is 2. The third kappa shape index (κ3) is 2.64. The van der Waals surface area contributed by atoms with Gasteiger partial charge in [0.2, 0.25) is 11.8 Å². The second kappa shape index (κ2) is 5.56. The maximum absolute atomic E-state index is 13.9. The van der Waals surface area contributed by atoms with Crippen LogP contribution in [0.3, 0.4) is 0 Å². The minimum Gasteiger partial charge on any atom is -0.343 e. The Balaban J connectivity index is 2.37. The normalized spacial score (nSPS) is 19.2. The van der Waals surface area contributed by atoms with Crippen molar-refractivity contribution in [2.75, 3.05) is 11.4 Å². The van der Waals surface area contributed by atoms with Gasteiger partial charge in [-0.1, -0.05) is 13.3 Å². The number of aryl methyl sites for hydroxylation is 1. The lowest BCUT2D eigenvalue weighted by atomic mass is 10.1. The van der Waals surface area contributed by atoms with Crippen molar-refractivity contribution in [1.29, 1.82) is 0 Å².